The van der Waals surface area contributed by atoms with E-state index in [0.29, 0.717) is 41.7 Å². The molecule has 0 aromatic heterocycles. The van der Waals surface area contributed by atoms with Gasteiger partial charge < -0.3 is 5.11 Å². The summed E-state index contributed by atoms with van der Waals surface area (Å²) in [5, 5.41) is 13.1. The Kier molecular flexibility index (Phi) is 12.7. The zero-order valence-corrected chi connectivity index (χ0v) is 23.8. The summed E-state index contributed by atoms with van der Waals surface area (Å²) >= 11 is 0. The number of nitrogens with zero attached hydrogens (tertiary/aromatic N) is 2. The molecule has 1 aliphatic carbocycles. The number of aliphatic carboxylic acids is 1. The zero-order valence-electron chi connectivity index (χ0n) is 23.8. The third kappa shape index (κ3) is 9.67. The molecule has 1 N–H and O–H groups in total. The monoisotopic (exact) mass is 564 g/mol. The van der Waals surface area contributed by atoms with E-state index < -0.39 is 11.9 Å². The predicted octanol–water partition coefficient (Wildman–Crippen LogP) is 3.12. The van der Waals surface area contributed by atoms with Crippen molar-refractivity contribution in [2.75, 3.05) is 13.1 Å². The molecule has 3 atom stereocenters. The molecular formula is C28H40N2O10. The van der Waals surface area contributed by atoms with Crippen molar-refractivity contribution in [1.82, 2.24) is 9.80 Å². The Morgan fingerprint density at radius 3 is 1.90 bits per heavy atom. The lowest BCUT2D eigenvalue weighted by Gasteiger charge is -2.35. The first-order chi connectivity index (χ1) is 18.8. The van der Waals surface area contributed by atoms with Crippen LogP contribution in [0.15, 0.2) is 23.3 Å². The first-order valence-corrected chi connectivity index (χ1v) is 13.6. The molecule has 0 bridgehead atoms. The molecule has 0 aromatic rings. The number of hydrogen-bond donors (Lipinski definition) is 1. The highest BCUT2D eigenvalue weighted by atomic mass is 17.5. The lowest BCUT2D eigenvalue weighted by Crippen LogP contribution is -2.34. The van der Waals surface area contributed by atoms with Crippen molar-refractivity contribution in [2.45, 2.75) is 85.7 Å². The van der Waals surface area contributed by atoms with Crippen LogP contribution in [0, 0.1) is 17.8 Å². The van der Waals surface area contributed by atoms with E-state index in [-0.39, 0.29) is 55.7 Å². The van der Waals surface area contributed by atoms with E-state index in [1.54, 1.807) is 13.8 Å². The average molecular weight is 565 g/mol. The van der Waals surface area contributed by atoms with Gasteiger partial charge in [0, 0.05) is 42.8 Å². The fourth-order valence-corrected chi connectivity index (χ4v) is 4.84. The number of carbonyl (C=O) groups is 6. The van der Waals surface area contributed by atoms with Crippen molar-refractivity contribution in [3.63, 3.8) is 0 Å². The molecule has 1 fully saturated rings. The van der Waals surface area contributed by atoms with Crippen LogP contribution in [0.3, 0.4) is 0 Å². The molecule has 0 aromatic carbocycles. The number of imide groups is 2. The van der Waals surface area contributed by atoms with Gasteiger partial charge in [0.15, 0.2) is 0 Å². The van der Waals surface area contributed by atoms with Crippen LogP contribution in [-0.2, 0) is 43.6 Å². The highest BCUT2D eigenvalue weighted by Gasteiger charge is 2.33. The number of rotatable bonds is 12. The van der Waals surface area contributed by atoms with Gasteiger partial charge >= 0.3 is 11.9 Å². The normalized spacial score (nSPS) is 22.8. The van der Waals surface area contributed by atoms with Gasteiger partial charge in [-0.15, -0.1) is 0 Å². The fourth-order valence-electron chi connectivity index (χ4n) is 4.84. The quantitative estimate of drug-likeness (QED) is 0.212. The third-order valence-corrected chi connectivity index (χ3v) is 7.16. The molecule has 0 radical (unpaired) electrons. The van der Waals surface area contributed by atoms with Crippen molar-refractivity contribution in [2.24, 2.45) is 17.8 Å². The molecule has 222 valence electrons. The Labute approximate surface area is 234 Å². The maximum absolute atomic E-state index is 11.7. The third-order valence-electron chi connectivity index (χ3n) is 7.16. The molecule has 12 heteroatoms. The van der Waals surface area contributed by atoms with E-state index in [1.807, 2.05) is 0 Å². The average Bonchev–Trinajstić information content (AvgIpc) is 3.26. The molecule has 0 saturated heterocycles. The van der Waals surface area contributed by atoms with Gasteiger partial charge in [-0.2, -0.15) is 4.89 Å². The molecule has 40 heavy (non-hydrogen) atoms. The van der Waals surface area contributed by atoms with Gasteiger partial charge in [-0.05, 0) is 62.3 Å². The van der Waals surface area contributed by atoms with Gasteiger partial charge in [-0.25, -0.2) is 4.79 Å². The molecular weight excluding hydrogens is 524 g/mol. The van der Waals surface area contributed by atoms with E-state index >= 15 is 0 Å². The van der Waals surface area contributed by atoms with Crippen LogP contribution >= 0.6 is 0 Å². The zero-order chi connectivity index (χ0) is 30.0. The van der Waals surface area contributed by atoms with E-state index in [2.05, 4.69) is 25.7 Å². The Hall–Kier alpha value is -3.38. The van der Waals surface area contributed by atoms with Gasteiger partial charge in [0.05, 0.1) is 6.42 Å². The summed E-state index contributed by atoms with van der Waals surface area (Å²) in [5.41, 5.74) is 0.820. The van der Waals surface area contributed by atoms with Gasteiger partial charge in [-0.1, -0.05) is 27.2 Å². The summed E-state index contributed by atoms with van der Waals surface area (Å²) in [4.78, 5) is 79.9. The summed E-state index contributed by atoms with van der Waals surface area (Å²) < 4.78 is 0. The number of carboxylic acids is 1. The largest absolute Gasteiger partial charge is 0.481 e. The summed E-state index contributed by atoms with van der Waals surface area (Å²) in [5.74, 6) is -1.42. The van der Waals surface area contributed by atoms with E-state index in [4.69, 9.17) is 15.0 Å². The van der Waals surface area contributed by atoms with Crippen molar-refractivity contribution >= 4 is 35.6 Å². The first-order valence-electron chi connectivity index (χ1n) is 13.6. The van der Waals surface area contributed by atoms with Crippen molar-refractivity contribution in [3.05, 3.63) is 23.3 Å². The lowest BCUT2D eigenvalue weighted by atomic mass is 9.75. The molecule has 2 aliphatic heterocycles. The molecule has 3 rings (SSSR count). The lowest BCUT2D eigenvalue weighted by molar-refractivity contribution is -0.508. The Morgan fingerprint density at radius 1 is 0.925 bits per heavy atom. The summed E-state index contributed by atoms with van der Waals surface area (Å²) in [7, 11) is 0. The van der Waals surface area contributed by atoms with E-state index in [9.17, 15) is 28.8 Å². The Morgan fingerprint density at radius 2 is 1.45 bits per heavy atom. The maximum Gasteiger partial charge on any atom is 0.345 e. The standard InChI is InChI=1S/C19H29NO6.C9H11NO4/c1-12(2)15-8-7-13(3)10-16(15)24-26-25-18(22)6-5-9-20-17(21)11-14(4)19(20)23;1-6-5-7(11)10(9(6)14)4-2-3-8(12)13/h11-13,15-16H,5-10H2,1-4H3;5H,2-4H2,1H3,(H,12,13). The number of amides is 4. The summed E-state index contributed by atoms with van der Waals surface area (Å²) in [6, 6.07) is 0. The molecule has 4 amide bonds. The smallest absolute Gasteiger partial charge is 0.345 e. The highest BCUT2D eigenvalue weighted by molar-refractivity contribution is 6.16. The molecule has 3 unspecified atom stereocenters. The summed E-state index contributed by atoms with van der Waals surface area (Å²) in [6.07, 6.45) is 6.23. The molecule has 3 aliphatic rings. The van der Waals surface area contributed by atoms with Crippen molar-refractivity contribution in [1.29, 1.82) is 0 Å². The second-order valence-electron chi connectivity index (χ2n) is 10.8. The van der Waals surface area contributed by atoms with Crippen LogP contribution < -0.4 is 0 Å². The minimum atomic E-state index is -0.922. The Balaban J connectivity index is 0.000000337. The molecule has 2 heterocycles. The summed E-state index contributed by atoms with van der Waals surface area (Å²) in [6.45, 7) is 10.00. The van der Waals surface area contributed by atoms with E-state index in [0.717, 1.165) is 22.6 Å². The van der Waals surface area contributed by atoms with Crippen molar-refractivity contribution in [3.8, 4) is 0 Å². The van der Waals surface area contributed by atoms with Crippen LogP contribution in [0.2, 0.25) is 0 Å². The van der Waals surface area contributed by atoms with Gasteiger partial charge in [0.1, 0.15) is 6.10 Å². The topological polar surface area (TPSA) is 157 Å². The number of carbonyl (C=O) groups excluding carboxylic acids is 5. The van der Waals surface area contributed by atoms with Crippen LogP contribution in [0.1, 0.15) is 79.6 Å². The second kappa shape index (κ2) is 15.4. The van der Waals surface area contributed by atoms with Crippen LogP contribution in [-0.4, -0.2) is 69.7 Å². The SMILES string of the molecule is CC1=CC(=O)N(CCCC(=O)O)C1=O.CC1=CC(=O)N(CCCC(=O)OOOC2CC(C)CCC2C(C)C)C1=O. The van der Waals surface area contributed by atoms with Crippen LogP contribution in [0.25, 0.3) is 0 Å². The second-order valence-corrected chi connectivity index (χ2v) is 10.8. The number of carboxylic acid groups (broad SMARTS) is 1. The Bertz CT molecular complexity index is 1050. The van der Waals surface area contributed by atoms with Gasteiger partial charge in [0.2, 0.25) is 0 Å². The molecule has 0 spiro atoms. The van der Waals surface area contributed by atoms with E-state index in [1.165, 1.54) is 18.6 Å². The maximum atomic E-state index is 11.7. The van der Waals surface area contributed by atoms with Gasteiger partial charge in [0.25, 0.3) is 23.6 Å². The van der Waals surface area contributed by atoms with Crippen molar-refractivity contribution < 1.29 is 48.7 Å². The van der Waals surface area contributed by atoms with Crippen LogP contribution in [0.5, 0.6) is 0 Å². The predicted molar refractivity (Wildman–Crippen MR) is 140 cm³/mol. The minimum Gasteiger partial charge on any atom is -0.481 e. The first kappa shape index (κ1) is 32.8. The fraction of sp³-hybridized carbons (Fsp3) is 0.643. The highest BCUT2D eigenvalue weighted by Crippen LogP contribution is 2.35. The number of hydrogen-bond acceptors (Lipinski definition) is 9. The van der Waals surface area contributed by atoms with Gasteiger partial charge in [-0.3, -0.25) is 38.7 Å². The molecule has 12 nitrogen and oxygen atoms in total. The van der Waals surface area contributed by atoms with Crippen LogP contribution in [0.4, 0.5) is 0 Å². The minimum absolute atomic E-state index is 0.0316. The molecule has 1 saturated carbocycles.